The fourth-order valence-corrected chi connectivity index (χ4v) is 2.70. The van der Waals surface area contributed by atoms with Crippen molar-refractivity contribution in [3.05, 3.63) is 0 Å². The van der Waals surface area contributed by atoms with Gasteiger partial charge in [0.25, 0.3) is 0 Å². The maximum Gasteiger partial charge on any atom is 0.218 e. The first-order valence-electron chi connectivity index (χ1n) is 6.63. The largest absolute Gasteiger partial charge is 0.370 e. The highest BCUT2D eigenvalue weighted by Gasteiger charge is 2.20. The van der Waals surface area contributed by atoms with E-state index in [1.165, 1.54) is 32.1 Å². The van der Waals surface area contributed by atoms with Crippen molar-refractivity contribution in [2.24, 2.45) is 17.6 Å². The molecule has 0 heterocycles. The van der Waals surface area contributed by atoms with Crippen molar-refractivity contribution in [1.29, 1.82) is 0 Å². The molecule has 0 spiro atoms. The first-order valence-corrected chi connectivity index (χ1v) is 6.63. The lowest BCUT2D eigenvalue weighted by Crippen LogP contribution is -2.35. The van der Waals surface area contributed by atoms with E-state index in [1.54, 1.807) is 0 Å². The second-order valence-corrected chi connectivity index (χ2v) is 5.29. The van der Waals surface area contributed by atoms with Gasteiger partial charge in [-0.05, 0) is 38.1 Å². The van der Waals surface area contributed by atoms with Gasteiger partial charge in [0.2, 0.25) is 5.91 Å². The van der Waals surface area contributed by atoms with Gasteiger partial charge >= 0.3 is 0 Å². The molecule has 3 heteroatoms. The zero-order chi connectivity index (χ0) is 12.0. The van der Waals surface area contributed by atoms with Crippen molar-refractivity contribution in [3.63, 3.8) is 0 Å². The molecule has 0 radical (unpaired) electrons. The van der Waals surface area contributed by atoms with E-state index in [0.717, 1.165) is 18.4 Å². The Bertz CT molecular complexity index is 218. The minimum Gasteiger partial charge on any atom is -0.370 e. The Morgan fingerprint density at radius 3 is 2.75 bits per heavy atom. The Kier molecular flexibility index (Phi) is 5.81. The minimum atomic E-state index is -0.213. The minimum absolute atomic E-state index is 0.213. The van der Waals surface area contributed by atoms with E-state index < -0.39 is 0 Å². The number of rotatable bonds is 6. The third kappa shape index (κ3) is 4.97. The van der Waals surface area contributed by atoms with Crippen LogP contribution in [0.2, 0.25) is 0 Å². The second kappa shape index (κ2) is 6.89. The third-order valence-electron chi connectivity index (χ3n) is 3.73. The number of amides is 1. The molecule has 0 saturated heterocycles. The van der Waals surface area contributed by atoms with Gasteiger partial charge in [-0.25, -0.2) is 0 Å². The summed E-state index contributed by atoms with van der Waals surface area (Å²) in [6.45, 7) is 5.37. The van der Waals surface area contributed by atoms with E-state index in [4.69, 9.17) is 5.73 Å². The van der Waals surface area contributed by atoms with E-state index in [9.17, 15) is 4.79 Å². The Labute approximate surface area is 99.2 Å². The van der Waals surface area contributed by atoms with Crippen LogP contribution >= 0.6 is 0 Å². The molecule has 1 saturated carbocycles. The average molecular weight is 226 g/mol. The number of primary amides is 1. The average Bonchev–Trinajstić information content (AvgIpc) is 2.26. The summed E-state index contributed by atoms with van der Waals surface area (Å²) in [5.74, 6) is 1.51. The molecule has 0 bridgehead atoms. The lowest BCUT2D eigenvalue weighted by Gasteiger charge is -2.29. The van der Waals surface area contributed by atoms with Gasteiger partial charge in [0.15, 0.2) is 0 Å². The van der Waals surface area contributed by atoms with Crippen molar-refractivity contribution in [3.8, 4) is 0 Å². The van der Waals surface area contributed by atoms with Crippen LogP contribution in [0.1, 0.15) is 52.4 Å². The van der Waals surface area contributed by atoms with E-state index in [1.807, 2.05) is 6.92 Å². The summed E-state index contributed by atoms with van der Waals surface area (Å²) in [5, 5.41) is 3.43. The summed E-state index contributed by atoms with van der Waals surface area (Å²) in [7, 11) is 0. The van der Waals surface area contributed by atoms with E-state index in [0.29, 0.717) is 6.42 Å². The van der Waals surface area contributed by atoms with Gasteiger partial charge in [0.05, 0.1) is 0 Å². The molecule has 1 fully saturated rings. The van der Waals surface area contributed by atoms with E-state index >= 15 is 0 Å². The summed E-state index contributed by atoms with van der Waals surface area (Å²) in [6.07, 6.45) is 7.23. The number of nitrogens with two attached hydrogens (primary N) is 1. The van der Waals surface area contributed by atoms with Gasteiger partial charge in [-0.15, -0.1) is 0 Å². The van der Waals surface area contributed by atoms with Gasteiger partial charge < -0.3 is 11.1 Å². The van der Waals surface area contributed by atoms with Crippen LogP contribution in [-0.4, -0.2) is 18.5 Å². The molecule has 0 aromatic rings. The number of hydrogen-bond acceptors (Lipinski definition) is 2. The highest BCUT2D eigenvalue weighted by Crippen LogP contribution is 2.30. The van der Waals surface area contributed by atoms with Crippen LogP contribution in [0.15, 0.2) is 0 Å². The summed E-state index contributed by atoms with van der Waals surface area (Å²) in [4.78, 5) is 10.7. The van der Waals surface area contributed by atoms with Crippen molar-refractivity contribution >= 4 is 5.91 Å². The molecule has 3 atom stereocenters. The fourth-order valence-electron chi connectivity index (χ4n) is 2.70. The lowest BCUT2D eigenvalue weighted by molar-refractivity contribution is -0.118. The van der Waals surface area contributed by atoms with E-state index in [2.05, 4.69) is 12.2 Å². The number of nitrogens with one attached hydrogen (secondary N) is 1. The highest BCUT2D eigenvalue weighted by molar-refractivity contribution is 5.74. The SMILES string of the molecule is CCC1CCCC(CNC(C)CC(N)=O)C1. The molecule has 3 nitrogen and oxygen atoms in total. The zero-order valence-corrected chi connectivity index (χ0v) is 10.7. The molecule has 3 N–H and O–H groups in total. The zero-order valence-electron chi connectivity index (χ0n) is 10.7. The summed E-state index contributed by atoms with van der Waals surface area (Å²) in [5.41, 5.74) is 5.17. The summed E-state index contributed by atoms with van der Waals surface area (Å²) < 4.78 is 0. The second-order valence-electron chi connectivity index (χ2n) is 5.29. The van der Waals surface area contributed by atoms with Gasteiger partial charge in [-0.1, -0.05) is 26.2 Å². The van der Waals surface area contributed by atoms with Gasteiger partial charge in [0.1, 0.15) is 0 Å². The van der Waals surface area contributed by atoms with Crippen LogP contribution in [0, 0.1) is 11.8 Å². The summed E-state index contributed by atoms with van der Waals surface area (Å²) in [6, 6.07) is 0.222. The molecule has 1 aliphatic carbocycles. The molecule has 1 rings (SSSR count). The Hall–Kier alpha value is -0.570. The van der Waals surface area contributed by atoms with Crippen LogP contribution in [0.25, 0.3) is 0 Å². The maximum atomic E-state index is 10.7. The number of carbonyl (C=O) groups excluding carboxylic acids is 1. The molecular formula is C13H26N2O. The smallest absolute Gasteiger partial charge is 0.218 e. The molecule has 0 aliphatic heterocycles. The Balaban J connectivity index is 2.18. The fraction of sp³-hybridized carbons (Fsp3) is 0.923. The number of hydrogen-bond donors (Lipinski definition) is 2. The van der Waals surface area contributed by atoms with E-state index in [-0.39, 0.29) is 11.9 Å². The normalized spacial score (nSPS) is 27.6. The Morgan fingerprint density at radius 1 is 1.44 bits per heavy atom. The van der Waals surface area contributed by atoms with Crippen LogP contribution in [0.4, 0.5) is 0 Å². The highest BCUT2D eigenvalue weighted by atomic mass is 16.1. The van der Waals surface area contributed by atoms with Gasteiger partial charge in [-0.3, -0.25) is 4.79 Å². The third-order valence-corrected chi connectivity index (χ3v) is 3.73. The predicted octanol–water partition coefficient (Wildman–Crippen LogP) is 2.06. The van der Waals surface area contributed by atoms with Crippen molar-refractivity contribution in [1.82, 2.24) is 5.32 Å². The lowest BCUT2D eigenvalue weighted by atomic mass is 9.80. The standard InChI is InChI=1S/C13H26N2O/c1-3-11-5-4-6-12(8-11)9-15-10(2)7-13(14)16/h10-12,15H,3-9H2,1-2H3,(H2,14,16). The molecule has 0 aromatic carbocycles. The topological polar surface area (TPSA) is 55.1 Å². The predicted molar refractivity (Wildman–Crippen MR) is 67.0 cm³/mol. The van der Waals surface area contributed by atoms with Crippen molar-refractivity contribution in [2.75, 3.05) is 6.54 Å². The van der Waals surface area contributed by atoms with Crippen LogP contribution < -0.4 is 11.1 Å². The summed E-state index contributed by atoms with van der Waals surface area (Å²) >= 11 is 0. The molecule has 1 amide bonds. The molecule has 1 aliphatic rings. The number of carbonyl (C=O) groups is 1. The van der Waals surface area contributed by atoms with Gasteiger partial charge in [0, 0.05) is 12.5 Å². The molecule has 3 unspecified atom stereocenters. The maximum absolute atomic E-state index is 10.7. The quantitative estimate of drug-likeness (QED) is 0.728. The van der Waals surface area contributed by atoms with Crippen LogP contribution in [0.5, 0.6) is 0 Å². The van der Waals surface area contributed by atoms with Crippen LogP contribution in [-0.2, 0) is 4.79 Å². The molecular weight excluding hydrogens is 200 g/mol. The molecule has 0 aromatic heterocycles. The first kappa shape index (κ1) is 13.5. The Morgan fingerprint density at radius 2 is 2.12 bits per heavy atom. The molecule has 16 heavy (non-hydrogen) atoms. The monoisotopic (exact) mass is 226 g/mol. The first-order chi connectivity index (χ1) is 7.61. The van der Waals surface area contributed by atoms with Crippen molar-refractivity contribution in [2.45, 2.75) is 58.4 Å². The van der Waals surface area contributed by atoms with Crippen molar-refractivity contribution < 1.29 is 4.79 Å². The van der Waals surface area contributed by atoms with Crippen LogP contribution in [0.3, 0.4) is 0 Å². The molecule has 94 valence electrons. The van der Waals surface area contributed by atoms with Gasteiger partial charge in [-0.2, -0.15) is 0 Å².